The van der Waals surface area contributed by atoms with Crippen LogP contribution >= 0.6 is 0 Å². The Morgan fingerprint density at radius 3 is 2.56 bits per heavy atom. The Morgan fingerprint density at radius 1 is 1.21 bits per heavy atom. The van der Waals surface area contributed by atoms with Gasteiger partial charge < -0.3 is 20.3 Å². The van der Waals surface area contributed by atoms with Crippen molar-refractivity contribution in [1.82, 2.24) is 25.5 Å². The number of ether oxygens (including phenoxy) is 1. The van der Waals surface area contributed by atoms with Crippen LogP contribution < -0.4 is 21.1 Å². The van der Waals surface area contributed by atoms with Gasteiger partial charge in [-0.15, -0.1) is 0 Å². The van der Waals surface area contributed by atoms with Crippen molar-refractivity contribution >= 4 is 17.5 Å². The van der Waals surface area contributed by atoms with Crippen molar-refractivity contribution < 1.29 is 31.5 Å². The summed E-state index contributed by atoms with van der Waals surface area (Å²) in [6, 6.07) is -1.84. The van der Waals surface area contributed by atoms with E-state index in [0.29, 0.717) is 5.92 Å². The van der Waals surface area contributed by atoms with E-state index in [0.717, 1.165) is 24.6 Å². The molecule has 214 valence electrons. The predicted molar refractivity (Wildman–Crippen MR) is 131 cm³/mol. The molecule has 2 atom stereocenters. The largest absolute Gasteiger partial charge is 0.423 e. The Labute approximate surface area is 220 Å². The minimum absolute atomic E-state index is 0.0214. The molecule has 1 aliphatic carbocycles. The Hall–Kier alpha value is -3.36. The van der Waals surface area contributed by atoms with Gasteiger partial charge in [-0.25, -0.2) is 23.8 Å². The smallest absolute Gasteiger partial charge is 0.381 e. The summed E-state index contributed by atoms with van der Waals surface area (Å²) in [4.78, 5) is 33.6. The lowest BCUT2D eigenvalue weighted by Gasteiger charge is -2.38. The van der Waals surface area contributed by atoms with Crippen molar-refractivity contribution in [3.8, 4) is 0 Å². The maximum absolute atomic E-state index is 14.8. The first-order valence-corrected chi connectivity index (χ1v) is 12.7. The van der Waals surface area contributed by atoms with Crippen molar-refractivity contribution in [2.75, 3.05) is 36.5 Å². The third kappa shape index (κ3) is 7.61. The summed E-state index contributed by atoms with van der Waals surface area (Å²) in [5.41, 5.74) is -2.16. The first kappa shape index (κ1) is 28.6. The molecule has 1 saturated carbocycles. The van der Waals surface area contributed by atoms with Gasteiger partial charge in [0, 0.05) is 38.0 Å². The zero-order valence-electron chi connectivity index (χ0n) is 21.2. The molecule has 2 aromatic rings. The van der Waals surface area contributed by atoms with Crippen LogP contribution in [0.3, 0.4) is 0 Å². The number of aromatic nitrogens is 4. The normalized spacial score (nSPS) is 19.9. The summed E-state index contributed by atoms with van der Waals surface area (Å²) >= 11 is 0. The Bertz CT molecular complexity index is 1190. The van der Waals surface area contributed by atoms with E-state index in [1.54, 1.807) is 24.4 Å². The summed E-state index contributed by atoms with van der Waals surface area (Å²) in [7, 11) is 0. The molecule has 2 aliphatic rings. The number of nitrogens with one attached hydrogen (secondary N) is 3. The molecular weight excluding hydrogens is 529 g/mol. The van der Waals surface area contributed by atoms with Crippen molar-refractivity contribution in [2.45, 2.75) is 69.1 Å². The highest BCUT2D eigenvalue weighted by Gasteiger charge is 2.46. The van der Waals surface area contributed by atoms with Crippen LogP contribution in [0.25, 0.3) is 0 Å². The monoisotopic (exact) mass is 559 g/mol. The van der Waals surface area contributed by atoms with E-state index in [1.165, 1.54) is 4.90 Å². The fraction of sp³-hybridized carbons (Fsp3) is 0.625. The molecule has 2 aromatic heterocycles. The number of halogens is 5. The van der Waals surface area contributed by atoms with E-state index in [2.05, 4.69) is 25.7 Å². The summed E-state index contributed by atoms with van der Waals surface area (Å²) in [6.45, 7) is 1.29. The van der Waals surface area contributed by atoms with Gasteiger partial charge in [-0.3, -0.25) is 9.59 Å². The topological polar surface area (TPSA) is 125 Å². The highest BCUT2D eigenvalue weighted by Crippen LogP contribution is 2.39. The highest BCUT2D eigenvalue weighted by molar-refractivity contribution is 5.76. The van der Waals surface area contributed by atoms with Crippen molar-refractivity contribution in [3.63, 3.8) is 0 Å². The second kappa shape index (κ2) is 11.8. The second-order valence-corrected chi connectivity index (χ2v) is 9.86. The van der Waals surface area contributed by atoms with Crippen LogP contribution in [0, 0.1) is 0 Å². The number of anilines is 2. The molecule has 10 nitrogen and oxygen atoms in total. The lowest BCUT2D eigenvalue weighted by Crippen LogP contribution is -2.58. The van der Waals surface area contributed by atoms with E-state index < -0.39 is 53.4 Å². The first-order valence-electron chi connectivity index (χ1n) is 12.7. The number of amides is 1. The molecule has 1 amide bonds. The van der Waals surface area contributed by atoms with Gasteiger partial charge in [0.1, 0.15) is 5.56 Å². The molecule has 3 heterocycles. The molecule has 0 radical (unpaired) electrons. The van der Waals surface area contributed by atoms with Crippen LogP contribution in [-0.4, -0.2) is 70.4 Å². The third-order valence-electron chi connectivity index (χ3n) is 6.63. The molecule has 0 bridgehead atoms. The van der Waals surface area contributed by atoms with Crippen LogP contribution in [0.2, 0.25) is 0 Å². The number of nitrogens with zero attached hydrogens (tertiary/aromatic N) is 4. The molecule has 2 fully saturated rings. The standard InChI is InChI=1S/C24H30F5N7O3/c1-14(33-17-12-32-35-21(38)20(17)24(27,28)29)5-8-39-9-6-19(37)34-18-4-7-36(13-23(18,25)26)22-30-10-16(11-31-22)15-2-3-15/h10-12,14-15,18H,2-9,13H2,1H3,(H,34,37)(H2,33,35,38). The van der Waals surface area contributed by atoms with Gasteiger partial charge in [-0.05, 0) is 44.1 Å². The van der Waals surface area contributed by atoms with Crippen LogP contribution in [0.15, 0.2) is 23.4 Å². The molecule has 15 heteroatoms. The lowest BCUT2D eigenvalue weighted by molar-refractivity contribution is -0.138. The number of H-pyrrole nitrogens is 1. The molecule has 2 unspecified atom stereocenters. The fourth-order valence-electron chi connectivity index (χ4n) is 4.33. The van der Waals surface area contributed by atoms with Crippen LogP contribution in [0.5, 0.6) is 0 Å². The van der Waals surface area contributed by atoms with Gasteiger partial charge in [-0.2, -0.15) is 18.3 Å². The summed E-state index contributed by atoms with van der Waals surface area (Å²) in [5.74, 6) is -3.06. The van der Waals surface area contributed by atoms with Gasteiger partial charge >= 0.3 is 6.18 Å². The summed E-state index contributed by atoms with van der Waals surface area (Å²) in [5, 5.41) is 10.1. The number of carbonyl (C=O) groups is 1. The Balaban J connectivity index is 1.16. The van der Waals surface area contributed by atoms with Gasteiger partial charge in [0.05, 0.1) is 31.1 Å². The molecule has 4 rings (SSSR count). The number of hydrogen-bond donors (Lipinski definition) is 3. The number of aromatic amines is 1. The second-order valence-electron chi connectivity index (χ2n) is 9.86. The average Bonchev–Trinajstić information content (AvgIpc) is 3.70. The van der Waals surface area contributed by atoms with Crippen molar-refractivity contribution in [2.24, 2.45) is 0 Å². The molecule has 0 aromatic carbocycles. The van der Waals surface area contributed by atoms with E-state index in [9.17, 15) is 31.5 Å². The Kier molecular flexibility index (Phi) is 8.67. The average molecular weight is 560 g/mol. The van der Waals surface area contributed by atoms with Gasteiger partial charge in [0.2, 0.25) is 11.9 Å². The van der Waals surface area contributed by atoms with Crippen molar-refractivity contribution in [3.05, 3.63) is 40.1 Å². The van der Waals surface area contributed by atoms with Crippen LogP contribution in [0.1, 0.15) is 56.1 Å². The van der Waals surface area contributed by atoms with Gasteiger partial charge in [0.15, 0.2) is 0 Å². The maximum Gasteiger partial charge on any atom is 0.423 e. The van der Waals surface area contributed by atoms with E-state index in [4.69, 9.17) is 4.74 Å². The minimum atomic E-state index is -4.86. The highest BCUT2D eigenvalue weighted by atomic mass is 19.4. The SMILES string of the molecule is CC(CCOCCC(=O)NC1CCN(c2ncc(C3CC3)cn2)CC1(F)F)Nc1cn[nH]c(=O)c1C(F)(F)F. The molecule has 1 saturated heterocycles. The van der Waals surface area contributed by atoms with E-state index in [-0.39, 0.29) is 45.0 Å². The zero-order valence-corrected chi connectivity index (χ0v) is 21.2. The minimum Gasteiger partial charge on any atom is -0.381 e. The van der Waals surface area contributed by atoms with E-state index >= 15 is 0 Å². The molecule has 1 aliphatic heterocycles. The first-order chi connectivity index (χ1) is 18.4. The Morgan fingerprint density at radius 2 is 1.92 bits per heavy atom. The molecule has 39 heavy (non-hydrogen) atoms. The van der Waals surface area contributed by atoms with Crippen LogP contribution in [0.4, 0.5) is 33.6 Å². The van der Waals surface area contributed by atoms with Gasteiger partial charge in [-0.1, -0.05) is 0 Å². The third-order valence-corrected chi connectivity index (χ3v) is 6.63. The number of carbonyl (C=O) groups excluding carboxylic acids is 1. The predicted octanol–water partition coefficient (Wildman–Crippen LogP) is 3.08. The van der Waals surface area contributed by atoms with Crippen LogP contribution in [-0.2, 0) is 15.7 Å². The van der Waals surface area contributed by atoms with Crippen molar-refractivity contribution in [1.29, 1.82) is 0 Å². The lowest BCUT2D eigenvalue weighted by atomic mass is 10.0. The quantitative estimate of drug-likeness (QED) is 0.284. The number of piperidine rings is 1. The fourth-order valence-corrected chi connectivity index (χ4v) is 4.33. The summed E-state index contributed by atoms with van der Waals surface area (Å²) < 4.78 is 74.3. The zero-order chi connectivity index (χ0) is 28.2. The summed E-state index contributed by atoms with van der Waals surface area (Å²) in [6.07, 6.45) is 1.70. The molecule has 3 N–H and O–H groups in total. The van der Waals surface area contributed by atoms with Gasteiger partial charge in [0.25, 0.3) is 11.5 Å². The number of hydrogen-bond acceptors (Lipinski definition) is 8. The number of alkyl halides is 5. The molecular formula is C24H30F5N7O3. The number of rotatable bonds is 11. The van der Waals surface area contributed by atoms with E-state index in [1.807, 2.05) is 0 Å². The molecule has 0 spiro atoms. The maximum atomic E-state index is 14.8.